The van der Waals surface area contributed by atoms with E-state index in [4.69, 9.17) is 10.9 Å². The number of amides is 1. The Morgan fingerprint density at radius 1 is 1.17 bits per heavy atom. The standard InChI is InChI=1S/C13H21N3O2/c14-12(15-18)10-6-3-7-16(10)13(17)11-8-4-1-2-5-9(8)11/h8-11,18H,1-7H2,(H2,14,15). The molecule has 5 nitrogen and oxygen atoms in total. The second kappa shape index (κ2) is 4.44. The predicted octanol–water partition coefficient (Wildman–Crippen LogP) is 1.16. The summed E-state index contributed by atoms with van der Waals surface area (Å²) in [6.07, 6.45) is 6.74. The first-order chi connectivity index (χ1) is 8.74. The van der Waals surface area contributed by atoms with Crippen LogP contribution >= 0.6 is 0 Å². The molecule has 3 rings (SSSR count). The van der Waals surface area contributed by atoms with Gasteiger partial charge in [0, 0.05) is 12.5 Å². The average molecular weight is 251 g/mol. The lowest BCUT2D eigenvalue weighted by Crippen LogP contribution is -2.44. The highest BCUT2D eigenvalue weighted by atomic mass is 16.4. The highest BCUT2D eigenvalue weighted by Gasteiger charge is 2.56. The largest absolute Gasteiger partial charge is 0.409 e. The van der Waals surface area contributed by atoms with Crippen molar-refractivity contribution in [3.8, 4) is 0 Å². The van der Waals surface area contributed by atoms with E-state index in [0.717, 1.165) is 19.4 Å². The summed E-state index contributed by atoms with van der Waals surface area (Å²) in [6.45, 7) is 0.760. The molecule has 3 aliphatic rings. The minimum Gasteiger partial charge on any atom is -0.409 e. The van der Waals surface area contributed by atoms with E-state index in [-0.39, 0.29) is 23.7 Å². The summed E-state index contributed by atoms with van der Waals surface area (Å²) in [5.41, 5.74) is 5.68. The molecule has 3 unspecified atom stereocenters. The van der Waals surface area contributed by atoms with Gasteiger partial charge in [-0.25, -0.2) is 0 Å². The summed E-state index contributed by atoms with van der Waals surface area (Å²) in [7, 11) is 0. The van der Waals surface area contributed by atoms with E-state index < -0.39 is 0 Å². The number of oxime groups is 1. The summed E-state index contributed by atoms with van der Waals surface area (Å²) in [5.74, 6) is 1.92. The predicted molar refractivity (Wildman–Crippen MR) is 67.1 cm³/mol. The van der Waals surface area contributed by atoms with Crippen LogP contribution < -0.4 is 5.73 Å². The van der Waals surface area contributed by atoms with Crippen molar-refractivity contribution < 1.29 is 10.0 Å². The number of carbonyl (C=O) groups excluding carboxylic acids is 1. The Labute approximate surface area is 107 Å². The van der Waals surface area contributed by atoms with E-state index in [0.29, 0.717) is 11.8 Å². The van der Waals surface area contributed by atoms with Crippen LogP contribution in [-0.2, 0) is 4.79 Å². The summed E-state index contributed by atoms with van der Waals surface area (Å²) >= 11 is 0. The highest BCUT2D eigenvalue weighted by molar-refractivity contribution is 5.92. The topological polar surface area (TPSA) is 78.9 Å². The number of fused-ring (bicyclic) bond motifs is 1. The first-order valence-corrected chi connectivity index (χ1v) is 7.02. The smallest absolute Gasteiger partial charge is 0.226 e. The Balaban J connectivity index is 1.69. The Morgan fingerprint density at radius 3 is 2.44 bits per heavy atom. The van der Waals surface area contributed by atoms with E-state index in [9.17, 15) is 4.79 Å². The van der Waals surface area contributed by atoms with Crippen molar-refractivity contribution in [2.24, 2.45) is 28.6 Å². The highest BCUT2D eigenvalue weighted by Crippen LogP contribution is 2.56. The molecule has 1 aliphatic heterocycles. The summed E-state index contributed by atoms with van der Waals surface area (Å²) in [5, 5.41) is 11.9. The molecule has 100 valence electrons. The normalized spacial score (nSPS) is 39.6. The fourth-order valence-corrected chi connectivity index (χ4v) is 3.95. The zero-order valence-corrected chi connectivity index (χ0v) is 10.6. The first kappa shape index (κ1) is 11.8. The third-order valence-corrected chi connectivity index (χ3v) is 4.93. The SMILES string of the molecule is NC(=NO)C1CCCN1C(=O)C1C2CCCCC21. The minimum absolute atomic E-state index is 0.176. The third kappa shape index (κ3) is 1.76. The second-order valence-corrected chi connectivity index (χ2v) is 5.85. The zero-order chi connectivity index (χ0) is 12.7. The van der Waals surface area contributed by atoms with Gasteiger partial charge in [0.25, 0.3) is 0 Å². The molecule has 0 aromatic rings. The molecule has 2 saturated carbocycles. The fraction of sp³-hybridized carbons (Fsp3) is 0.846. The molecule has 3 N–H and O–H groups in total. The Bertz CT molecular complexity index is 370. The quantitative estimate of drug-likeness (QED) is 0.334. The molecule has 0 radical (unpaired) electrons. The van der Waals surface area contributed by atoms with E-state index in [1.54, 1.807) is 0 Å². The summed E-state index contributed by atoms with van der Waals surface area (Å²) in [6, 6.07) is -0.176. The van der Waals surface area contributed by atoms with Gasteiger partial charge in [-0.3, -0.25) is 4.79 Å². The molecular formula is C13H21N3O2. The number of likely N-dealkylation sites (tertiary alicyclic amines) is 1. The maximum absolute atomic E-state index is 12.5. The van der Waals surface area contributed by atoms with Crippen LogP contribution in [0.25, 0.3) is 0 Å². The van der Waals surface area contributed by atoms with E-state index in [1.165, 1.54) is 25.7 Å². The van der Waals surface area contributed by atoms with Crippen LogP contribution in [0.4, 0.5) is 0 Å². The molecule has 0 aromatic heterocycles. The van der Waals surface area contributed by atoms with Crippen LogP contribution in [-0.4, -0.2) is 34.4 Å². The lowest BCUT2D eigenvalue weighted by molar-refractivity contribution is -0.133. The van der Waals surface area contributed by atoms with Crippen molar-refractivity contribution in [1.29, 1.82) is 0 Å². The van der Waals surface area contributed by atoms with E-state index in [1.807, 2.05) is 4.90 Å². The average Bonchev–Trinajstić information content (AvgIpc) is 2.92. The number of amidine groups is 1. The molecule has 18 heavy (non-hydrogen) atoms. The molecule has 0 spiro atoms. The molecule has 1 amide bonds. The number of hydrogen-bond acceptors (Lipinski definition) is 3. The van der Waals surface area contributed by atoms with Crippen molar-refractivity contribution in [1.82, 2.24) is 4.90 Å². The number of rotatable bonds is 2. The zero-order valence-electron chi connectivity index (χ0n) is 10.6. The maximum atomic E-state index is 12.5. The van der Waals surface area contributed by atoms with Crippen LogP contribution in [0, 0.1) is 17.8 Å². The Hall–Kier alpha value is -1.26. The van der Waals surface area contributed by atoms with Gasteiger partial charge in [-0.1, -0.05) is 18.0 Å². The van der Waals surface area contributed by atoms with Crippen LogP contribution in [0.2, 0.25) is 0 Å². The second-order valence-electron chi connectivity index (χ2n) is 5.85. The van der Waals surface area contributed by atoms with Crippen LogP contribution in [0.5, 0.6) is 0 Å². The van der Waals surface area contributed by atoms with Crippen molar-refractivity contribution in [3.05, 3.63) is 0 Å². The molecule has 0 bridgehead atoms. The number of hydrogen-bond donors (Lipinski definition) is 2. The molecule has 2 aliphatic carbocycles. The molecule has 1 heterocycles. The summed E-state index contributed by atoms with van der Waals surface area (Å²) in [4.78, 5) is 14.4. The van der Waals surface area contributed by atoms with E-state index >= 15 is 0 Å². The number of nitrogens with two attached hydrogens (primary N) is 1. The molecule has 3 atom stereocenters. The van der Waals surface area contributed by atoms with Gasteiger partial charge in [0.1, 0.15) is 0 Å². The summed E-state index contributed by atoms with van der Waals surface area (Å²) < 4.78 is 0. The van der Waals surface area contributed by atoms with Gasteiger partial charge in [0.15, 0.2) is 5.84 Å². The monoisotopic (exact) mass is 251 g/mol. The van der Waals surface area contributed by atoms with Crippen LogP contribution in [0.3, 0.4) is 0 Å². The van der Waals surface area contributed by atoms with Gasteiger partial charge in [-0.15, -0.1) is 0 Å². The maximum Gasteiger partial charge on any atom is 0.226 e. The van der Waals surface area contributed by atoms with Crippen molar-refractivity contribution in [3.63, 3.8) is 0 Å². The van der Waals surface area contributed by atoms with Crippen molar-refractivity contribution in [2.75, 3.05) is 6.54 Å². The van der Waals surface area contributed by atoms with Gasteiger partial charge < -0.3 is 15.8 Å². The molecule has 0 aromatic carbocycles. The number of nitrogens with zero attached hydrogens (tertiary/aromatic N) is 2. The number of carbonyl (C=O) groups is 1. The Kier molecular flexibility index (Phi) is 2.92. The van der Waals surface area contributed by atoms with Gasteiger partial charge in [-0.2, -0.15) is 0 Å². The lowest BCUT2D eigenvalue weighted by atomic mass is 10.0. The van der Waals surface area contributed by atoms with Gasteiger partial charge >= 0.3 is 0 Å². The minimum atomic E-state index is -0.176. The molecule has 1 saturated heterocycles. The van der Waals surface area contributed by atoms with Crippen molar-refractivity contribution in [2.45, 2.75) is 44.6 Å². The molecular weight excluding hydrogens is 230 g/mol. The molecule has 3 fully saturated rings. The van der Waals surface area contributed by atoms with Crippen LogP contribution in [0.15, 0.2) is 5.16 Å². The Morgan fingerprint density at radius 2 is 1.83 bits per heavy atom. The lowest BCUT2D eigenvalue weighted by Gasteiger charge is -2.23. The van der Waals surface area contributed by atoms with E-state index in [2.05, 4.69) is 5.16 Å². The van der Waals surface area contributed by atoms with Gasteiger partial charge in [0.05, 0.1) is 6.04 Å². The van der Waals surface area contributed by atoms with Crippen molar-refractivity contribution >= 4 is 11.7 Å². The van der Waals surface area contributed by atoms with Gasteiger partial charge in [-0.05, 0) is 37.5 Å². The fourth-order valence-electron chi connectivity index (χ4n) is 3.95. The van der Waals surface area contributed by atoms with Gasteiger partial charge in [0.2, 0.25) is 5.91 Å². The van der Waals surface area contributed by atoms with Crippen LogP contribution in [0.1, 0.15) is 38.5 Å². The molecule has 5 heteroatoms. The third-order valence-electron chi connectivity index (χ3n) is 4.93. The first-order valence-electron chi connectivity index (χ1n) is 7.02.